The number of rotatable bonds is 7. The second kappa shape index (κ2) is 7.71. The number of pyridine rings is 1. The van der Waals surface area contributed by atoms with Gasteiger partial charge in [0.15, 0.2) is 11.6 Å². The quantitative estimate of drug-likeness (QED) is 0.798. The predicted octanol–water partition coefficient (Wildman–Crippen LogP) is 2.75. The standard InChI is InChI=1S/C14H22FN3O/c1-3-5-6-10(4-2)9-18-14(19)11-7-8-17-13(16)12(11)15/h7-8,10H,3-6,9H2,1-2H3,(H2,16,17)(H,18,19). The zero-order valence-electron chi connectivity index (χ0n) is 11.6. The molecule has 1 aromatic heterocycles. The van der Waals surface area contributed by atoms with E-state index in [1.807, 2.05) is 0 Å². The van der Waals surface area contributed by atoms with Crippen LogP contribution in [0.3, 0.4) is 0 Å². The molecule has 0 radical (unpaired) electrons. The van der Waals surface area contributed by atoms with E-state index in [2.05, 4.69) is 24.1 Å². The lowest BCUT2D eigenvalue weighted by Crippen LogP contribution is -2.30. The second-order valence-corrected chi connectivity index (χ2v) is 4.68. The van der Waals surface area contributed by atoms with E-state index in [1.54, 1.807) is 0 Å². The van der Waals surface area contributed by atoms with Gasteiger partial charge in [0.1, 0.15) is 0 Å². The predicted molar refractivity (Wildman–Crippen MR) is 74.2 cm³/mol. The molecule has 0 saturated heterocycles. The van der Waals surface area contributed by atoms with Gasteiger partial charge in [-0.3, -0.25) is 4.79 Å². The molecule has 4 nitrogen and oxygen atoms in total. The van der Waals surface area contributed by atoms with Crippen LogP contribution < -0.4 is 11.1 Å². The highest BCUT2D eigenvalue weighted by Crippen LogP contribution is 2.14. The summed E-state index contributed by atoms with van der Waals surface area (Å²) in [6, 6.07) is 1.34. The van der Waals surface area contributed by atoms with Crippen molar-refractivity contribution in [2.45, 2.75) is 39.5 Å². The minimum Gasteiger partial charge on any atom is -0.381 e. The Balaban J connectivity index is 2.57. The topological polar surface area (TPSA) is 68.0 Å². The lowest BCUT2D eigenvalue weighted by molar-refractivity contribution is 0.0941. The first kappa shape index (κ1) is 15.4. The smallest absolute Gasteiger partial charge is 0.254 e. The number of halogens is 1. The lowest BCUT2D eigenvalue weighted by Gasteiger charge is -2.15. The average Bonchev–Trinajstić information content (AvgIpc) is 2.42. The van der Waals surface area contributed by atoms with E-state index in [1.165, 1.54) is 12.3 Å². The first-order valence-electron chi connectivity index (χ1n) is 6.78. The van der Waals surface area contributed by atoms with Crippen molar-refractivity contribution in [1.29, 1.82) is 0 Å². The van der Waals surface area contributed by atoms with Crippen LogP contribution in [0.25, 0.3) is 0 Å². The van der Waals surface area contributed by atoms with E-state index in [-0.39, 0.29) is 11.4 Å². The van der Waals surface area contributed by atoms with Crippen molar-refractivity contribution < 1.29 is 9.18 Å². The third-order valence-electron chi connectivity index (χ3n) is 3.26. The van der Waals surface area contributed by atoms with Crippen molar-refractivity contribution in [1.82, 2.24) is 10.3 Å². The molecule has 0 aromatic carbocycles. The molecule has 0 spiro atoms. The number of carbonyl (C=O) groups is 1. The molecule has 1 rings (SSSR count). The second-order valence-electron chi connectivity index (χ2n) is 4.68. The number of nitrogens with one attached hydrogen (secondary N) is 1. The van der Waals surface area contributed by atoms with E-state index >= 15 is 0 Å². The van der Waals surface area contributed by atoms with E-state index in [0.717, 1.165) is 25.7 Å². The molecule has 1 amide bonds. The van der Waals surface area contributed by atoms with Crippen molar-refractivity contribution >= 4 is 11.7 Å². The summed E-state index contributed by atoms with van der Waals surface area (Å²) >= 11 is 0. The Hall–Kier alpha value is -1.65. The average molecular weight is 267 g/mol. The van der Waals surface area contributed by atoms with Crippen LogP contribution in [0.1, 0.15) is 49.9 Å². The van der Waals surface area contributed by atoms with Gasteiger partial charge < -0.3 is 11.1 Å². The third kappa shape index (κ3) is 4.50. The highest BCUT2D eigenvalue weighted by Gasteiger charge is 2.15. The molecule has 0 aliphatic carbocycles. The fourth-order valence-electron chi connectivity index (χ4n) is 1.91. The highest BCUT2D eigenvalue weighted by atomic mass is 19.1. The number of hydrogen-bond acceptors (Lipinski definition) is 3. The van der Waals surface area contributed by atoms with Gasteiger partial charge in [0, 0.05) is 12.7 Å². The Morgan fingerprint density at radius 3 is 2.89 bits per heavy atom. The Bertz CT molecular complexity index is 423. The molecule has 1 atom stereocenters. The molecular weight excluding hydrogens is 245 g/mol. The largest absolute Gasteiger partial charge is 0.381 e. The van der Waals surface area contributed by atoms with Gasteiger partial charge in [-0.25, -0.2) is 9.37 Å². The molecule has 5 heteroatoms. The van der Waals surface area contributed by atoms with Crippen molar-refractivity contribution in [3.05, 3.63) is 23.6 Å². The molecule has 0 bridgehead atoms. The van der Waals surface area contributed by atoms with Gasteiger partial charge >= 0.3 is 0 Å². The van der Waals surface area contributed by atoms with E-state index in [0.29, 0.717) is 12.5 Å². The van der Waals surface area contributed by atoms with Gasteiger partial charge in [0.05, 0.1) is 5.56 Å². The number of carbonyl (C=O) groups excluding carboxylic acids is 1. The number of aromatic nitrogens is 1. The van der Waals surface area contributed by atoms with Crippen LogP contribution in [0.2, 0.25) is 0 Å². The molecule has 3 N–H and O–H groups in total. The summed E-state index contributed by atoms with van der Waals surface area (Å²) in [5.74, 6) is -0.986. The molecule has 0 aliphatic heterocycles. The zero-order chi connectivity index (χ0) is 14.3. The maximum atomic E-state index is 13.6. The van der Waals surface area contributed by atoms with Gasteiger partial charge in [0.25, 0.3) is 5.91 Å². The highest BCUT2D eigenvalue weighted by molar-refractivity contribution is 5.95. The molecule has 0 fully saturated rings. The first-order valence-corrected chi connectivity index (χ1v) is 6.78. The molecule has 19 heavy (non-hydrogen) atoms. The van der Waals surface area contributed by atoms with Crippen molar-refractivity contribution in [3.8, 4) is 0 Å². The van der Waals surface area contributed by atoms with Crippen LogP contribution in [0.15, 0.2) is 12.3 Å². The van der Waals surface area contributed by atoms with Gasteiger partial charge in [-0.15, -0.1) is 0 Å². The summed E-state index contributed by atoms with van der Waals surface area (Å²) in [5.41, 5.74) is 5.30. The summed E-state index contributed by atoms with van der Waals surface area (Å²) in [4.78, 5) is 15.5. The molecule has 1 unspecified atom stereocenters. The Morgan fingerprint density at radius 2 is 2.26 bits per heavy atom. The summed E-state index contributed by atoms with van der Waals surface area (Å²) in [7, 11) is 0. The van der Waals surface area contributed by atoms with Crippen LogP contribution in [-0.4, -0.2) is 17.4 Å². The fourth-order valence-corrected chi connectivity index (χ4v) is 1.91. The first-order chi connectivity index (χ1) is 9.10. The Labute approximate surface area is 113 Å². The van der Waals surface area contributed by atoms with E-state index in [9.17, 15) is 9.18 Å². The monoisotopic (exact) mass is 267 g/mol. The van der Waals surface area contributed by atoms with Crippen molar-refractivity contribution in [2.24, 2.45) is 5.92 Å². The summed E-state index contributed by atoms with van der Waals surface area (Å²) in [6.45, 7) is 4.80. The Kier molecular flexibility index (Phi) is 6.25. The number of nitrogen functional groups attached to an aromatic ring is 1. The maximum absolute atomic E-state index is 13.6. The Morgan fingerprint density at radius 1 is 1.53 bits per heavy atom. The molecule has 0 saturated carbocycles. The van der Waals surface area contributed by atoms with Gasteiger partial charge in [-0.05, 0) is 18.4 Å². The van der Waals surface area contributed by atoms with Crippen molar-refractivity contribution in [2.75, 3.05) is 12.3 Å². The number of unbranched alkanes of at least 4 members (excludes halogenated alkanes) is 1. The van der Waals surface area contributed by atoms with Gasteiger partial charge in [-0.1, -0.05) is 33.1 Å². The normalized spacial score (nSPS) is 12.2. The fraction of sp³-hybridized carbons (Fsp3) is 0.571. The summed E-state index contributed by atoms with van der Waals surface area (Å²) < 4.78 is 13.6. The van der Waals surface area contributed by atoms with Gasteiger partial charge in [-0.2, -0.15) is 0 Å². The third-order valence-corrected chi connectivity index (χ3v) is 3.26. The number of amides is 1. The van der Waals surface area contributed by atoms with Crippen LogP contribution in [0.5, 0.6) is 0 Å². The molecule has 1 heterocycles. The molecule has 106 valence electrons. The van der Waals surface area contributed by atoms with Crippen LogP contribution in [0.4, 0.5) is 10.2 Å². The number of nitrogens with zero attached hydrogens (tertiary/aromatic N) is 1. The number of hydrogen-bond donors (Lipinski definition) is 2. The minimum atomic E-state index is -0.749. The number of anilines is 1. The zero-order valence-corrected chi connectivity index (χ0v) is 11.6. The van der Waals surface area contributed by atoms with Crippen LogP contribution in [0, 0.1) is 11.7 Å². The minimum absolute atomic E-state index is 0.0437. The lowest BCUT2D eigenvalue weighted by atomic mass is 9.99. The van der Waals surface area contributed by atoms with E-state index < -0.39 is 11.7 Å². The summed E-state index contributed by atoms with van der Waals surface area (Å²) in [5, 5.41) is 2.76. The van der Waals surface area contributed by atoms with E-state index in [4.69, 9.17) is 5.73 Å². The molecular formula is C14H22FN3O. The van der Waals surface area contributed by atoms with Crippen molar-refractivity contribution in [3.63, 3.8) is 0 Å². The van der Waals surface area contributed by atoms with Gasteiger partial charge in [0.2, 0.25) is 0 Å². The number of nitrogens with two attached hydrogens (primary N) is 1. The van der Waals surface area contributed by atoms with Crippen LogP contribution in [-0.2, 0) is 0 Å². The molecule has 1 aromatic rings. The SMILES string of the molecule is CCCCC(CC)CNC(=O)c1ccnc(N)c1F. The molecule has 0 aliphatic rings. The maximum Gasteiger partial charge on any atom is 0.254 e. The summed E-state index contributed by atoms with van der Waals surface area (Å²) in [6.07, 6.45) is 5.70. The van der Waals surface area contributed by atoms with Crippen LogP contribution >= 0.6 is 0 Å².